The van der Waals surface area contributed by atoms with Crippen LogP contribution in [-0.2, 0) is 5.54 Å². The topological polar surface area (TPSA) is 44.3 Å². The van der Waals surface area contributed by atoms with Crippen molar-refractivity contribution in [2.24, 2.45) is 0 Å². The first kappa shape index (κ1) is 17.4. The molecule has 1 aliphatic heterocycles. The van der Waals surface area contributed by atoms with Crippen LogP contribution in [0.25, 0.3) is 0 Å². The molecule has 0 aromatic heterocycles. The van der Waals surface area contributed by atoms with Crippen molar-refractivity contribution in [3.05, 3.63) is 58.6 Å². The SMILES string of the molecule is Oc1ccc(C#CC2(C(F)(F)F)NC(=S)Nc3ccc(Cl)cc32)cc1. The standard InChI is InChI=1S/C17H10ClF3N2OS/c18-11-3-6-14-13(9-11)16(17(19,20)21,23-15(25)22-14)8-7-10-1-4-12(24)5-2-10/h1-6,9,24H,(H2,22,23,25). The molecule has 8 heteroatoms. The molecule has 3 nitrogen and oxygen atoms in total. The Morgan fingerprint density at radius 1 is 1.12 bits per heavy atom. The highest BCUT2D eigenvalue weighted by Gasteiger charge is 2.58. The van der Waals surface area contributed by atoms with Crippen LogP contribution in [0, 0.1) is 11.8 Å². The smallest absolute Gasteiger partial charge is 0.427 e. The van der Waals surface area contributed by atoms with Gasteiger partial charge in [0.15, 0.2) is 5.11 Å². The predicted octanol–water partition coefficient (Wildman–Crippen LogP) is 4.15. The van der Waals surface area contributed by atoms with Crippen LogP contribution in [0.3, 0.4) is 0 Å². The summed E-state index contributed by atoms with van der Waals surface area (Å²) in [6.45, 7) is 0. The van der Waals surface area contributed by atoms with Gasteiger partial charge >= 0.3 is 6.18 Å². The van der Waals surface area contributed by atoms with Crippen molar-refractivity contribution in [3.8, 4) is 17.6 Å². The van der Waals surface area contributed by atoms with Gasteiger partial charge < -0.3 is 15.7 Å². The third kappa shape index (κ3) is 3.23. The van der Waals surface area contributed by atoms with Crippen LogP contribution >= 0.6 is 23.8 Å². The highest BCUT2D eigenvalue weighted by atomic mass is 35.5. The van der Waals surface area contributed by atoms with E-state index in [0.717, 1.165) is 0 Å². The third-order valence-electron chi connectivity index (χ3n) is 3.62. The van der Waals surface area contributed by atoms with Crippen molar-refractivity contribution in [2.75, 3.05) is 5.32 Å². The molecular weight excluding hydrogens is 373 g/mol. The number of fused-ring (bicyclic) bond motifs is 1. The zero-order valence-electron chi connectivity index (χ0n) is 12.4. The van der Waals surface area contributed by atoms with Crippen LogP contribution in [0.1, 0.15) is 11.1 Å². The summed E-state index contributed by atoms with van der Waals surface area (Å²) < 4.78 is 42.0. The van der Waals surface area contributed by atoms with Gasteiger partial charge in [-0.05, 0) is 54.7 Å². The van der Waals surface area contributed by atoms with Crippen LogP contribution in [0.2, 0.25) is 5.02 Å². The molecule has 0 saturated heterocycles. The van der Waals surface area contributed by atoms with Crippen molar-refractivity contribution in [3.63, 3.8) is 0 Å². The van der Waals surface area contributed by atoms with Crippen LogP contribution in [-0.4, -0.2) is 16.4 Å². The molecule has 0 spiro atoms. The van der Waals surface area contributed by atoms with Crippen LogP contribution in [0.4, 0.5) is 18.9 Å². The second-order valence-corrected chi connectivity index (χ2v) is 6.16. The molecule has 3 rings (SSSR count). The van der Waals surface area contributed by atoms with Gasteiger partial charge in [-0.25, -0.2) is 0 Å². The first-order valence-electron chi connectivity index (χ1n) is 6.99. The summed E-state index contributed by atoms with van der Waals surface area (Å²) >= 11 is 10.8. The lowest BCUT2D eigenvalue weighted by atomic mass is 9.86. The Labute approximate surface area is 151 Å². The number of phenolic OH excluding ortho intramolecular Hbond substituents is 1. The van der Waals surface area contributed by atoms with Crippen molar-refractivity contribution in [1.82, 2.24) is 5.32 Å². The Hall–Kier alpha value is -2.43. The molecule has 0 radical (unpaired) electrons. The van der Waals surface area contributed by atoms with Crippen molar-refractivity contribution in [2.45, 2.75) is 11.7 Å². The summed E-state index contributed by atoms with van der Waals surface area (Å²) in [7, 11) is 0. The maximum Gasteiger partial charge on any atom is 0.427 e. The molecule has 25 heavy (non-hydrogen) atoms. The third-order valence-corrected chi connectivity index (χ3v) is 4.06. The molecule has 0 aliphatic carbocycles. The zero-order chi connectivity index (χ0) is 18.2. The summed E-state index contributed by atoms with van der Waals surface area (Å²) in [4.78, 5) is 0. The molecule has 128 valence electrons. The highest BCUT2D eigenvalue weighted by molar-refractivity contribution is 7.80. The number of benzene rings is 2. The Morgan fingerprint density at radius 2 is 1.80 bits per heavy atom. The number of thiocarbonyl (C=S) groups is 1. The molecule has 0 saturated carbocycles. The van der Waals surface area contributed by atoms with E-state index in [1.54, 1.807) is 0 Å². The number of aromatic hydroxyl groups is 1. The van der Waals surface area contributed by atoms with E-state index < -0.39 is 11.7 Å². The van der Waals surface area contributed by atoms with Gasteiger partial charge in [-0.15, -0.1) is 0 Å². The van der Waals surface area contributed by atoms with E-state index in [4.69, 9.17) is 23.8 Å². The van der Waals surface area contributed by atoms with E-state index in [0.29, 0.717) is 5.56 Å². The minimum atomic E-state index is -4.76. The molecular formula is C17H10ClF3N2OS. The monoisotopic (exact) mass is 382 g/mol. The molecule has 2 aromatic rings. The first-order chi connectivity index (χ1) is 11.7. The van der Waals surface area contributed by atoms with Crippen molar-refractivity contribution in [1.29, 1.82) is 0 Å². The van der Waals surface area contributed by atoms with Crippen LogP contribution in [0.15, 0.2) is 42.5 Å². The average molecular weight is 383 g/mol. The largest absolute Gasteiger partial charge is 0.508 e. The van der Waals surface area contributed by atoms with E-state index >= 15 is 0 Å². The van der Waals surface area contributed by atoms with Gasteiger partial charge in [0.25, 0.3) is 0 Å². The Morgan fingerprint density at radius 3 is 2.44 bits per heavy atom. The fourth-order valence-corrected chi connectivity index (χ4v) is 2.87. The molecule has 0 amide bonds. The number of anilines is 1. The molecule has 1 unspecified atom stereocenters. The lowest BCUT2D eigenvalue weighted by molar-refractivity contribution is -0.177. The summed E-state index contributed by atoms with van der Waals surface area (Å²) in [5.41, 5.74) is -2.36. The summed E-state index contributed by atoms with van der Waals surface area (Å²) in [6.07, 6.45) is -4.76. The number of rotatable bonds is 0. The minimum Gasteiger partial charge on any atom is -0.508 e. The van der Waals surface area contributed by atoms with Gasteiger partial charge in [-0.3, -0.25) is 0 Å². The fourth-order valence-electron chi connectivity index (χ4n) is 2.43. The second kappa shape index (κ2) is 6.14. The Bertz CT molecular complexity index is 903. The lowest BCUT2D eigenvalue weighted by Crippen LogP contribution is -2.59. The van der Waals surface area contributed by atoms with Gasteiger partial charge in [0.2, 0.25) is 5.54 Å². The molecule has 1 atom stereocenters. The number of alkyl halides is 3. The van der Waals surface area contributed by atoms with Gasteiger partial charge in [0, 0.05) is 21.8 Å². The van der Waals surface area contributed by atoms with E-state index in [1.165, 1.54) is 42.5 Å². The summed E-state index contributed by atoms with van der Waals surface area (Å²) in [5.74, 6) is 4.76. The normalized spacial score (nSPS) is 19.1. The minimum absolute atomic E-state index is 0.00520. The maximum atomic E-state index is 14.0. The van der Waals surface area contributed by atoms with Gasteiger partial charge in [-0.2, -0.15) is 13.2 Å². The summed E-state index contributed by atoms with van der Waals surface area (Å²) in [5, 5.41) is 14.2. The van der Waals surface area contributed by atoms with Gasteiger partial charge in [0.1, 0.15) is 5.75 Å². The van der Waals surface area contributed by atoms with E-state index in [2.05, 4.69) is 22.5 Å². The highest BCUT2D eigenvalue weighted by Crippen LogP contribution is 2.44. The molecule has 1 aliphatic rings. The number of halogens is 4. The fraction of sp³-hybridized carbons (Fsp3) is 0.118. The molecule has 3 N–H and O–H groups in total. The quantitative estimate of drug-likeness (QED) is 0.473. The number of hydrogen-bond donors (Lipinski definition) is 3. The van der Waals surface area contributed by atoms with Crippen LogP contribution < -0.4 is 10.6 Å². The van der Waals surface area contributed by atoms with Gasteiger partial charge in [-0.1, -0.05) is 23.4 Å². The van der Waals surface area contributed by atoms with Crippen molar-refractivity contribution < 1.29 is 18.3 Å². The number of phenols is 1. The molecule has 2 aromatic carbocycles. The zero-order valence-corrected chi connectivity index (χ0v) is 14.0. The number of hydrogen-bond acceptors (Lipinski definition) is 2. The predicted molar refractivity (Wildman–Crippen MR) is 93.5 cm³/mol. The molecule has 1 heterocycles. The maximum absolute atomic E-state index is 14.0. The van der Waals surface area contributed by atoms with E-state index in [9.17, 15) is 18.3 Å². The van der Waals surface area contributed by atoms with Crippen LogP contribution in [0.5, 0.6) is 5.75 Å². The molecule has 0 bridgehead atoms. The lowest BCUT2D eigenvalue weighted by Gasteiger charge is -2.38. The first-order valence-corrected chi connectivity index (χ1v) is 7.78. The van der Waals surface area contributed by atoms with E-state index in [1.807, 2.05) is 0 Å². The number of nitrogens with one attached hydrogen (secondary N) is 2. The Balaban J connectivity index is 2.21. The Kier molecular flexibility index (Phi) is 4.27. The molecule has 0 fully saturated rings. The van der Waals surface area contributed by atoms with Gasteiger partial charge in [0.05, 0.1) is 0 Å². The second-order valence-electron chi connectivity index (χ2n) is 5.31. The van der Waals surface area contributed by atoms with E-state index in [-0.39, 0.29) is 27.1 Å². The van der Waals surface area contributed by atoms with Crippen molar-refractivity contribution >= 4 is 34.6 Å². The average Bonchev–Trinajstić information content (AvgIpc) is 2.53. The summed E-state index contributed by atoms with van der Waals surface area (Å²) in [6, 6.07) is 9.63.